The molecule has 5 nitrogen and oxygen atoms in total. The molecule has 0 aliphatic heterocycles. The molecule has 0 bridgehead atoms. The van der Waals surface area contributed by atoms with Gasteiger partial charge in [0.25, 0.3) is 0 Å². The van der Waals surface area contributed by atoms with Crippen molar-refractivity contribution in [3.8, 4) is 0 Å². The van der Waals surface area contributed by atoms with Crippen molar-refractivity contribution >= 4 is 11.7 Å². The highest BCUT2D eigenvalue weighted by molar-refractivity contribution is 6.35. The number of rotatable bonds is 5. The maximum absolute atomic E-state index is 10.9. The van der Waals surface area contributed by atoms with Crippen LogP contribution in [0.25, 0.3) is 0 Å². The molecular formula is C7H13NO4. The van der Waals surface area contributed by atoms with Gasteiger partial charge in [-0.15, -0.1) is 0 Å². The molecule has 12 heavy (non-hydrogen) atoms. The molecule has 0 saturated heterocycles. The molecule has 70 valence electrons. The summed E-state index contributed by atoms with van der Waals surface area (Å²) >= 11 is 0. The predicted molar refractivity (Wildman–Crippen MR) is 43.1 cm³/mol. The number of carbonyl (C=O) groups excluding carboxylic acids is 1. The molecule has 0 aliphatic rings. The van der Waals surface area contributed by atoms with Gasteiger partial charge in [0.1, 0.15) is 12.3 Å². The Hall–Kier alpha value is -0.940. The zero-order valence-electron chi connectivity index (χ0n) is 6.99. The molecule has 0 aliphatic carbocycles. The fraction of sp³-hybridized carbons (Fsp3) is 0.714. The standard InChI is InChI=1S/C7H13NO4/c1-6(8-2-3-9)7(11)12-5-4-10/h9-10H,2-5H2,1H3/b8-6+. The normalized spacial score (nSPS) is 11.4. The van der Waals surface area contributed by atoms with Crippen LogP contribution in [0.1, 0.15) is 6.92 Å². The third-order valence-electron chi connectivity index (χ3n) is 1.07. The van der Waals surface area contributed by atoms with Gasteiger partial charge in [-0.05, 0) is 6.92 Å². The van der Waals surface area contributed by atoms with Crippen LogP contribution in [-0.2, 0) is 9.53 Å². The molecule has 0 spiro atoms. The first kappa shape index (κ1) is 11.1. The molecule has 5 heteroatoms. The number of aliphatic imine (C=N–C) groups is 1. The summed E-state index contributed by atoms with van der Waals surface area (Å²) < 4.78 is 4.55. The summed E-state index contributed by atoms with van der Waals surface area (Å²) in [5.41, 5.74) is 0.206. The zero-order chi connectivity index (χ0) is 9.40. The van der Waals surface area contributed by atoms with Crippen LogP contribution in [0.3, 0.4) is 0 Å². The molecule has 0 rings (SSSR count). The third-order valence-corrected chi connectivity index (χ3v) is 1.07. The van der Waals surface area contributed by atoms with Crippen molar-refractivity contribution < 1.29 is 19.7 Å². The first-order valence-electron chi connectivity index (χ1n) is 3.62. The number of nitrogens with zero attached hydrogens (tertiary/aromatic N) is 1. The van der Waals surface area contributed by atoms with Gasteiger partial charge < -0.3 is 14.9 Å². The summed E-state index contributed by atoms with van der Waals surface area (Å²) in [7, 11) is 0. The van der Waals surface area contributed by atoms with Crippen molar-refractivity contribution in [2.75, 3.05) is 26.4 Å². The van der Waals surface area contributed by atoms with Gasteiger partial charge in [-0.2, -0.15) is 0 Å². The van der Waals surface area contributed by atoms with E-state index in [1.165, 1.54) is 6.92 Å². The first-order chi connectivity index (χ1) is 5.72. The fourth-order valence-electron chi connectivity index (χ4n) is 0.525. The van der Waals surface area contributed by atoms with Crippen molar-refractivity contribution in [3.63, 3.8) is 0 Å². The van der Waals surface area contributed by atoms with Crippen LogP contribution in [0.4, 0.5) is 0 Å². The van der Waals surface area contributed by atoms with Crippen LogP contribution in [-0.4, -0.2) is 48.3 Å². The largest absolute Gasteiger partial charge is 0.459 e. The number of hydrogen-bond acceptors (Lipinski definition) is 5. The van der Waals surface area contributed by atoms with Crippen molar-refractivity contribution in [3.05, 3.63) is 0 Å². The van der Waals surface area contributed by atoms with E-state index in [0.29, 0.717) is 0 Å². The topological polar surface area (TPSA) is 79.1 Å². The molecule has 0 fully saturated rings. The summed E-state index contributed by atoms with van der Waals surface area (Å²) in [6.45, 7) is 1.38. The molecule has 0 heterocycles. The van der Waals surface area contributed by atoms with Gasteiger partial charge in [0.2, 0.25) is 0 Å². The molecular weight excluding hydrogens is 162 g/mol. The van der Waals surface area contributed by atoms with Crippen LogP contribution in [0, 0.1) is 0 Å². The smallest absolute Gasteiger partial charge is 0.351 e. The average molecular weight is 175 g/mol. The van der Waals surface area contributed by atoms with Gasteiger partial charge in [-0.25, -0.2) is 4.79 Å². The van der Waals surface area contributed by atoms with Crippen LogP contribution < -0.4 is 0 Å². The fourth-order valence-corrected chi connectivity index (χ4v) is 0.525. The molecule has 0 atom stereocenters. The van der Waals surface area contributed by atoms with E-state index >= 15 is 0 Å². The van der Waals surface area contributed by atoms with Crippen molar-refractivity contribution in [2.45, 2.75) is 6.92 Å². The summed E-state index contributed by atoms with van der Waals surface area (Å²) in [5, 5.41) is 16.7. The van der Waals surface area contributed by atoms with E-state index in [9.17, 15) is 4.79 Å². The van der Waals surface area contributed by atoms with E-state index in [1.54, 1.807) is 0 Å². The Bertz CT molecular complexity index is 167. The van der Waals surface area contributed by atoms with E-state index < -0.39 is 5.97 Å². The lowest BCUT2D eigenvalue weighted by Crippen LogP contribution is -2.17. The highest BCUT2D eigenvalue weighted by atomic mass is 16.5. The summed E-state index contributed by atoms with van der Waals surface area (Å²) in [4.78, 5) is 14.6. The molecule has 0 amide bonds. The molecule has 0 aromatic rings. The highest BCUT2D eigenvalue weighted by Crippen LogP contribution is 1.84. The van der Waals surface area contributed by atoms with Crippen molar-refractivity contribution in [2.24, 2.45) is 4.99 Å². The van der Waals surface area contributed by atoms with Gasteiger partial charge in [0.15, 0.2) is 0 Å². The second-order valence-corrected chi connectivity index (χ2v) is 2.05. The number of aliphatic hydroxyl groups is 2. The number of carbonyl (C=O) groups is 1. The first-order valence-corrected chi connectivity index (χ1v) is 3.62. The Balaban J connectivity index is 3.75. The molecule has 2 N–H and O–H groups in total. The summed E-state index contributed by atoms with van der Waals surface area (Å²) in [6, 6.07) is 0. The lowest BCUT2D eigenvalue weighted by atomic mass is 10.4. The average Bonchev–Trinajstić information content (AvgIpc) is 2.10. The van der Waals surface area contributed by atoms with E-state index in [4.69, 9.17) is 10.2 Å². The lowest BCUT2D eigenvalue weighted by molar-refractivity contribution is -0.136. The van der Waals surface area contributed by atoms with E-state index in [-0.39, 0.29) is 32.1 Å². The Morgan fingerprint density at radius 2 is 2.08 bits per heavy atom. The maximum atomic E-state index is 10.9. The minimum atomic E-state index is -0.558. The number of aliphatic hydroxyl groups excluding tert-OH is 2. The summed E-state index contributed by atoms with van der Waals surface area (Å²) in [6.07, 6.45) is 0. The number of esters is 1. The minimum Gasteiger partial charge on any atom is -0.459 e. The van der Waals surface area contributed by atoms with Crippen LogP contribution in [0.2, 0.25) is 0 Å². The lowest BCUT2D eigenvalue weighted by Gasteiger charge is -2.00. The van der Waals surface area contributed by atoms with Gasteiger partial charge in [0, 0.05) is 0 Å². The van der Waals surface area contributed by atoms with E-state index in [0.717, 1.165) is 0 Å². The van der Waals surface area contributed by atoms with Crippen LogP contribution in [0.15, 0.2) is 4.99 Å². The van der Waals surface area contributed by atoms with Crippen LogP contribution >= 0.6 is 0 Å². The summed E-state index contributed by atoms with van der Waals surface area (Å²) in [5.74, 6) is -0.558. The van der Waals surface area contributed by atoms with Crippen molar-refractivity contribution in [1.82, 2.24) is 0 Å². The minimum absolute atomic E-state index is 0.0230. The molecule has 0 saturated carbocycles. The SMILES string of the molecule is C/C(=N\CCO)C(=O)OCCO. The van der Waals surface area contributed by atoms with Crippen LogP contribution in [0.5, 0.6) is 0 Å². The monoisotopic (exact) mass is 175 g/mol. The van der Waals surface area contributed by atoms with Gasteiger partial charge in [0.05, 0.1) is 19.8 Å². The maximum Gasteiger partial charge on any atom is 0.351 e. The second-order valence-electron chi connectivity index (χ2n) is 2.05. The predicted octanol–water partition coefficient (Wildman–Crippen LogP) is -1.02. The van der Waals surface area contributed by atoms with E-state index in [2.05, 4.69) is 9.73 Å². The Morgan fingerprint density at radius 3 is 2.58 bits per heavy atom. The third kappa shape index (κ3) is 4.81. The number of hydrogen-bond donors (Lipinski definition) is 2. The second kappa shape index (κ2) is 6.75. The molecule has 0 aromatic carbocycles. The number of ether oxygens (including phenoxy) is 1. The quantitative estimate of drug-likeness (QED) is 0.414. The zero-order valence-corrected chi connectivity index (χ0v) is 6.99. The Morgan fingerprint density at radius 1 is 1.42 bits per heavy atom. The highest BCUT2D eigenvalue weighted by Gasteiger charge is 2.05. The van der Waals surface area contributed by atoms with Gasteiger partial charge in [-0.1, -0.05) is 0 Å². The van der Waals surface area contributed by atoms with E-state index in [1.807, 2.05) is 0 Å². The van der Waals surface area contributed by atoms with Crippen molar-refractivity contribution in [1.29, 1.82) is 0 Å². The van der Waals surface area contributed by atoms with Gasteiger partial charge in [-0.3, -0.25) is 4.99 Å². The van der Waals surface area contributed by atoms with Gasteiger partial charge >= 0.3 is 5.97 Å². The molecule has 0 aromatic heterocycles. The Kier molecular flexibility index (Phi) is 6.22. The molecule has 0 radical (unpaired) electrons. The Labute approximate surface area is 70.7 Å². The molecule has 0 unspecified atom stereocenters.